The predicted octanol–water partition coefficient (Wildman–Crippen LogP) is 3.40. The van der Waals surface area contributed by atoms with Crippen LogP contribution in [0.2, 0.25) is 0 Å². The predicted molar refractivity (Wildman–Crippen MR) is 76.6 cm³/mol. The first-order valence-electron chi connectivity index (χ1n) is 6.47. The lowest BCUT2D eigenvalue weighted by atomic mass is 10.1. The van der Waals surface area contributed by atoms with Crippen molar-refractivity contribution in [3.63, 3.8) is 0 Å². The quantitative estimate of drug-likeness (QED) is 0.900. The van der Waals surface area contributed by atoms with Crippen LogP contribution in [0.25, 0.3) is 0 Å². The van der Waals surface area contributed by atoms with E-state index in [4.69, 9.17) is 0 Å². The lowest BCUT2D eigenvalue weighted by Crippen LogP contribution is -2.36. The molecule has 2 saturated heterocycles. The minimum absolute atomic E-state index is 0.562. The molecule has 2 fully saturated rings. The first kappa shape index (κ1) is 12.2. The van der Waals surface area contributed by atoms with Crippen LogP contribution in [0.5, 0.6) is 0 Å². The van der Waals surface area contributed by atoms with Crippen molar-refractivity contribution < 1.29 is 0 Å². The highest BCUT2D eigenvalue weighted by Crippen LogP contribution is 2.32. The molecule has 2 bridgehead atoms. The van der Waals surface area contributed by atoms with Crippen molar-refractivity contribution in [1.82, 2.24) is 10.2 Å². The van der Waals surface area contributed by atoms with Gasteiger partial charge in [-0.05, 0) is 54.2 Å². The van der Waals surface area contributed by atoms with Crippen LogP contribution in [0.1, 0.15) is 37.1 Å². The number of rotatable bonds is 2. The summed E-state index contributed by atoms with van der Waals surface area (Å²) >= 11 is 5.43. The Labute approximate surface area is 116 Å². The Hall–Kier alpha value is 0.1000. The van der Waals surface area contributed by atoms with Crippen LogP contribution in [0, 0.1) is 0 Å². The van der Waals surface area contributed by atoms with E-state index in [9.17, 15) is 0 Å². The molecule has 2 aliphatic heterocycles. The molecule has 0 aromatic carbocycles. The lowest BCUT2D eigenvalue weighted by Gasteiger charge is -2.29. The van der Waals surface area contributed by atoms with Gasteiger partial charge >= 0.3 is 0 Å². The fraction of sp³-hybridized carbons (Fsp3) is 0.692. The molecule has 3 atom stereocenters. The van der Waals surface area contributed by atoms with Crippen molar-refractivity contribution in [3.05, 3.63) is 20.8 Å². The molecule has 3 rings (SSSR count). The Bertz CT molecular complexity index is 393. The molecule has 4 heteroatoms. The summed E-state index contributed by atoms with van der Waals surface area (Å²) < 4.78 is 1.24. The molecule has 0 amide bonds. The lowest BCUT2D eigenvalue weighted by molar-refractivity contribution is 0.202. The van der Waals surface area contributed by atoms with Crippen LogP contribution < -0.4 is 5.32 Å². The number of halogens is 1. The van der Waals surface area contributed by atoms with Crippen molar-refractivity contribution in [2.24, 2.45) is 0 Å². The van der Waals surface area contributed by atoms with Gasteiger partial charge in [-0.1, -0.05) is 0 Å². The molecule has 3 heterocycles. The van der Waals surface area contributed by atoms with Gasteiger partial charge in [0.05, 0.1) is 3.79 Å². The number of fused-ring (bicyclic) bond motifs is 2. The Kier molecular flexibility index (Phi) is 3.57. The van der Waals surface area contributed by atoms with Crippen molar-refractivity contribution in [2.75, 3.05) is 13.1 Å². The van der Waals surface area contributed by atoms with E-state index in [2.05, 4.69) is 45.2 Å². The Balaban J connectivity index is 1.71. The monoisotopic (exact) mass is 314 g/mol. The first-order valence-corrected chi connectivity index (χ1v) is 8.08. The molecule has 17 heavy (non-hydrogen) atoms. The van der Waals surface area contributed by atoms with E-state index in [-0.39, 0.29) is 0 Å². The van der Waals surface area contributed by atoms with E-state index < -0.39 is 0 Å². The molecule has 0 saturated carbocycles. The second-order valence-electron chi connectivity index (χ2n) is 5.24. The van der Waals surface area contributed by atoms with Crippen LogP contribution >= 0.6 is 27.3 Å². The van der Waals surface area contributed by atoms with Crippen LogP contribution in [-0.4, -0.2) is 30.1 Å². The number of nitrogens with zero attached hydrogens (tertiary/aromatic N) is 1. The summed E-state index contributed by atoms with van der Waals surface area (Å²) in [6.07, 6.45) is 4.06. The summed E-state index contributed by atoms with van der Waals surface area (Å²) in [6, 6.07) is 6.50. The molecule has 2 aliphatic rings. The first-order chi connectivity index (χ1) is 8.22. The van der Waals surface area contributed by atoms with Gasteiger partial charge < -0.3 is 5.32 Å². The van der Waals surface area contributed by atoms with Gasteiger partial charge in [0.25, 0.3) is 0 Å². The third kappa shape index (κ3) is 2.60. The maximum absolute atomic E-state index is 3.75. The third-order valence-corrected chi connectivity index (χ3v) is 5.90. The van der Waals surface area contributed by atoms with Gasteiger partial charge in [0.2, 0.25) is 0 Å². The summed E-state index contributed by atoms with van der Waals surface area (Å²) in [5, 5.41) is 3.75. The van der Waals surface area contributed by atoms with Crippen molar-refractivity contribution in [3.8, 4) is 0 Å². The molecule has 1 N–H and O–H groups in total. The fourth-order valence-electron chi connectivity index (χ4n) is 3.05. The minimum Gasteiger partial charge on any atom is -0.310 e. The Morgan fingerprint density at radius 1 is 1.35 bits per heavy atom. The zero-order valence-corrected chi connectivity index (χ0v) is 12.6. The maximum Gasteiger partial charge on any atom is 0.0701 e. The highest BCUT2D eigenvalue weighted by atomic mass is 79.9. The molecule has 1 aromatic heterocycles. The zero-order chi connectivity index (χ0) is 11.8. The van der Waals surface area contributed by atoms with Crippen LogP contribution in [0.4, 0.5) is 0 Å². The molecular weight excluding hydrogens is 296 g/mol. The largest absolute Gasteiger partial charge is 0.310 e. The van der Waals surface area contributed by atoms with Crippen LogP contribution in [0.15, 0.2) is 15.9 Å². The molecule has 94 valence electrons. The molecule has 0 spiro atoms. The summed E-state index contributed by atoms with van der Waals surface area (Å²) in [7, 11) is 0. The van der Waals surface area contributed by atoms with Gasteiger partial charge in [0, 0.05) is 36.1 Å². The minimum atomic E-state index is 0.562. The van der Waals surface area contributed by atoms with Crippen LogP contribution in [-0.2, 0) is 0 Å². The van der Waals surface area contributed by atoms with Gasteiger partial charge in [-0.2, -0.15) is 0 Å². The molecule has 1 aromatic rings. The standard InChI is InChI=1S/C13H19BrN2S/c1-9(12-4-5-13(14)17-12)16-7-6-10-2-3-11(8-16)15-10/h4-5,9-11,15H,2-3,6-8H2,1H3. The normalized spacial score (nSPS) is 31.4. The summed E-state index contributed by atoms with van der Waals surface area (Å²) in [4.78, 5) is 4.13. The van der Waals surface area contributed by atoms with Gasteiger partial charge in [-0.15, -0.1) is 11.3 Å². The second-order valence-corrected chi connectivity index (χ2v) is 7.73. The Morgan fingerprint density at radius 3 is 2.94 bits per heavy atom. The summed E-state index contributed by atoms with van der Waals surface area (Å²) in [5.41, 5.74) is 0. The molecule has 2 nitrogen and oxygen atoms in total. The summed E-state index contributed by atoms with van der Waals surface area (Å²) in [5.74, 6) is 0. The smallest absolute Gasteiger partial charge is 0.0701 e. The zero-order valence-electron chi connectivity index (χ0n) is 10.2. The molecule has 3 unspecified atom stereocenters. The molecule has 0 aliphatic carbocycles. The Morgan fingerprint density at radius 2 is 2.18 bits per heavy atom. The van der Waals surface area contributed by atoms with E-state index in [1.54, 1.807) is 0 Å². The number of hydrogen-bond acceptors (Lipinski definition) is 3. The summed E-state index contributed by atoms with van der Waals surface area (Å²) in [6.45, 7) is 4.80. The molecule has 0 radical (unpaired) electrons. The average molecular weight is 315 g/mol. The number of likely N-dealkylation sites (tertiary alicyclic amines) is 1. The van der Waals surface area contributed by atoms with Crippen LogP contribution in [0.3, 0.4) is 0 Å². The highest BCUT2D eigenvalue weighted by molar-refractivity contribution is 9.11. The topological polar surface area (TPSA) is 15.3 Å². The van der Waals surface area contributed by atoms with E-state index >= 15 is 0 Å². The van der Waals surface area contributed by atoms with Crippen molar-refractivity contribution in [2.45, 2.75) is 44.3 Å². The number of nitrogens with one attached hydrogen (secondary N) is 1. The maximum atomic E-state index is 3.75. The van der Waals surface area contributed by atoms with Gasteiger partial charge in [-0.3, -0.25) is 4.90 Å². The second kappa shape index (κ2) is 5.00. The SMILES string of the molecule is CC(c1ccc(Br)s1)N1CCC2CCC(C1)N2. The van der Waals surface area contributed by atoms with Gasteiger partial charge in [0.15, 0.2) is 0 Å². The van der Waals surface area contributed by atoms with Crippen molar-refractivity contribution >= 4 is 27.3 Å². The average Bonchev–Trinajstić information content (AvgIpc) is 2.84. The fourth-order valence-corrected chi connectivity index (χ4v) is 4.56. The van der Waals surface area contributed by atoms with E-state index in [0.29, 0.717) is 6.04 Å². The van der Waals surface area contributed by atoms with E-state index in [1.165, 1.54) is 41.0 Å². The van der Waals surface area contributed by atoms with Gasteiger partial charge in [-0.25, -0.2) is 0 Å². The molecular formula is C13H19BrN2S. The van der Waals surface area contributed by atoms with E-state index in [1.807, 2.05) is 11.3 Å². The number of thiophene rings is 1. The van der Waals surface area contributed by atoms with Crippen molar-refractivity contribution in [1.29, 1.82) is 0 Å². The van der Waals surface area contributed by atoms with Gasteiger partial charge in [0.1, 0.15) is 0 Å². The van der Waals surface area contributed by atoms with E-state index in [0.717, 1.165) is 12.1 Å². The third-order valence-electron chi connectivity index (χ3n) is 4.11. The number of hydrogen-bond donors (Lipinski definition) is 1. The highest BCUT2D eigenvalue weighted by Gasteiger charge is 2.31.